The van der Waals surface area contributed by atoms with Gasteiger partial charge in [0, 0.05) is 24.2 Å². The molecular formula is C17H18F3N3O3S. The number of pyridine rings is 1. The lowest BCUT2D eigenvalue weighted by Crippen LogP contribution is -2.30. The lowest BCUT2D eigenvalue weighted by atomic mass is 10.2. The van der Waals surface area contributed by atoms with E-state index in [-0.39, 0.29) is 35.1 Å². The van der Waals surface area contributed by atoms with E-state index in [9.17, 15) is 26.4 Å². The maximum absolute atomic E-state index is 12.8. The predicted octanol–water partition coefficient (Wildman–Crippen LogP) is 3.01. The fourth-order valence-electron chi connectivity index (χ4n) is 2.16. The molecule has 1 heterocycles. The highest BCUT2D eigenvalue weighted by molar-refractivity contribution is 7.91. The number of nitrogens with zero attached hydrogens (tertiary/aromatic N) is 1. The van der Waals surface area contributed by atoms with Gasteiger partial charge in [-0.1, -0.05) is 13.0 Å². The van der Waals surface area contributed by atoms with Crippen molar-refractivity contribution in [2.75, 3.05) is 23.4 Å². The van der Waals surface area contributed by atoms with E-state index in [2.05, 4.69) is 15.6 Å². The summed E-state index contributed by atoms with van der Waals surface area (Å²) < 4.78 is 61.4. The van der Waals surface area contributed by atoms with Crippen LogP contribution in [-0.2, 0) is 16.0 Å². The summed E-state index contributed by atoms with van der Waals surface area (Å²) >= 11 is 0. The minimum Gasteiger partial charge on any atom is -0.351 e. The molecule has 146 valence electrons. The number of hydrogen-bond acceptors (Lipinski definition) is 5. The Hall–Kier alpha value is -2.62. The van der Waals surface area contributed by atoms with Gasteiger partial charge in [-0.15, -0.1) is 0 Å². The van der Waals surface area contributed by atoms with Crippen molar-refractivity contribution >= 4 is 27.2 Å². The molecule has 2 N–H and O–H groups in total. The molecule has 0 fully saturated rings. The number of anilines is 2. The quantitative estimate of drug-likeness (QED) is 0.745. The van der Waals surface area contributed by atoms with Crippen LogP contribution in [0.2, 0.25) is 0 Å². The van der Waals surface area contributed by atoms with E-state index in [1.807, 2.05) is 0 Å². The summed E-state index contributed by atoms with van der Waals surface area (Å²) in [4.78, 5) is 16.3. The number of benzene rings is 1. The molecule has 0 unspecified atom stereocenters. The maximum atomic E-state index is 12.8. The first-order chi connectivity index (χ1) is 12.6. The van der Waals surface area contributed by atoms with Crippen LogP contribution in [0.3, 0.4) is 0 Å². The summed E-state index contributed by atoms with van der Waals surface area (Å²) in [5.74, 6) is -0.749. The summed E-state index contributed by atoms with van der Waals surface area (Å²) in [6, 6.07) is 7.43. The second kappa shape index (κ2) is 8.38. The van der Waals surface area contributed by atoms with E-state index < -0.39 is 27.5 Å². The van der Waals surface area contributed by atoms with Crippen LogP contribution in [0.25, 0.3) is 0 Å². The van der Waals surface area contributed by atoms with E-state index in [0.717, 1.165) is 12.1 Å². The molecule has 0 aliphatic heterocycles. The standard InChI is InChI=1S/C17H18F3N3O3S/c1-2-27(25,26)10-9-22-16(24)14-7-4-8-21-15(14)23-13-6-3-5-12(11-13)17(18,19)20/h3-8,11H,2,9-10H2,1H3,(H,21,23)(H,22,24). The minimum absolute atomic E-state index is 0.0296. The third-order valence-electron chi connectivity index (χ3n) is 3.64. The Balaban J connectivity index is 2.15. The molecule has 1 aromatic carbocycles. The zero-order valence-electron chi connectivity index (χ0n) is 14.4. The number of halogens is 3. The lowest BCUT2D eigenvalue weighted by Gasteiger charge is -2.13. The Labute approximate surface area is 154 Å². The van der Waals surface area contributed by atoms with Gasteiger partial charge in [0.1, 0.15) is 5.82 Å². The number of amides is 1. The number of rotatable bonds is 7. The number of hydrogen-bond donors (Lipinski definition) is 2. The van der Waals surface area contributed by atoms with Crippen molar-refractivity contribution in [2.24, 2.45) is 0 Å². The third-order valence-corrected chi connectivity index (χ3v) is 5.35. The second-order valence-corrected chi connectivity index (χ2v) is 8.07. The number of nitrogens with one attached hydrogen (secondary N) is 2. The zero-order chi connectivity index (χ0) is 20.1. The fraction of sp³-hybridized carbons (Fsp3) is 0.294. The molecule has 1 aromatic heterocycles. The van der Waals surface area contributed by atoms with Crippen LogP contribution < -0.4 is 10.6 Å². The average Bonchev–Trinajstić information content (AvgIpc) is 2.61. The molecule has 2 aromatic rings. The number of alkyl halides is 3. The van der Waals surface area contributed by atoms with Gasteiger partial charge in [-0.2, -0.15) is 13.2 Å². The first-order valence-electron chi connectivity index (χ1n) is 8.00. The number of sulfone groups is 1. The molecule has 1 amide bonds. The van der Waals surface area contributed by atoms with Gasteiger partial charge < -0.3 is 10.6 Å². The molecule has 6 nitrogen and oxygen atoms in total. The van der Waals surface area contributed by atoms with Crippen molar-refractivity contribution in [3.63, 3.8) is 0 Å². The van der Waals surface area contributed by atoms with Crippen LogP contribution in [0, 0.1) is 0 Å². The van der Waals surface area contributed by atoms with Gasteiger partial charge in [-0.05, 0) is 30.3 Å². The molecule has 0 bridgehead atoms. The van der Waals surface area contributed by atoms with Crippen LogP contribution in [0.4, 0.5) is 24.7 Å². The van der Waals surface area contributed by atoms with Crippen molar-refractivity contribution in [1.82, 2.24) is 10.3 Å². The van der Waals surface area contributed by atoms with E-state index >= 15 is 0 Å². The molecule has 0 spiro atoms. The normalized spacial score (nSPS) is 11.9. The second-order valence-electron chi connectivity index (χ2n) is 5.60. The smallest absolute Gasteiger partial charge is 0.351 e. The summed E-state index contributed by atoms with van der Waals surface area (Å²) in [7, 11) is -3.23. The highest BCUT2D eigenvalue weighted by Gasteiger charge is 2.30. The Kier molecular flexibility index (Phi) is 6.42. The highest BCUT2D eigenvalue weighted by atomic mass is 32.2. The van der Waals surface area contributed by atoms with Gasteiger partial charge in [0.15, 0.2) is 9.84 Å². The predicted molar refractivity (Wildman–Crippen MR) is 95.6 cm³/mol. The van der Waals surface area contributed by atoms with Crippen molar-refractivity contribution in [3.05, 3.63) is 53.7 Å². The fourth-order valence-corrected chi connectivity index (χ4v) is 2.86. The molecule has 0 aliphatic rings. The van der Waals surface area contributed by atoms with Crippen LogP contribution in [-0.4, -0.2) is 37.4 Å². The Morgan fingerprint density at radius 2 is 1.93 bits per heavy atom. The van der Waals surface area contributed by atoms with Gasteiger partial charge in [0.25, 0.3) is 5.91 Å². The Bertz CT molecular complexity index is 915. The molecular weight excluding hydrogens is 383 g/mol. The van der Waals surface area contributed by atoms with E-state index in [1.165, 1.54) is 37.4 Å². The van der Waals surface area contributed by atoms with Gasteiger partial charge in [0.2, 0.25) is 0 Å². The molecule has 0 aliphatic carbocycles. The molecule has 2 rings (SSSR count). The largest absolute Gasteiger partial charge is 0.416 e. The molecule has 0 saturated carbocycles. The topological polar surface area (TPSA) is 88.2 Å². The zero-order valence-corrected chi connectivity index (χ0v) is 15.2. The number of carbonyl (C=O) groups is 1. The highest BCUT2D eigenvalue weighted by Crippen LogP contribution is 2.31. The van der Waals surface area contributed by atoms with E-state index in [4.69, 9.17) is 0 Å². The average molecular weight is 401 g/mol. The molecule has 10 heteroatoms. The van der Waals surface area contributed by atoms with Gasteiger partial charge >= 0.3 is 6.18 Å². The first kappa shape index (κ1) is 20.7. The van der Waals surface area contributed by atoms with Crippen molar-refractivity contribution in [3.8, 4) is 0 Å². The molecule has 0 radical (unpaired) electrons. The number of aromatic nitrogens is 1. The SMILES string of the molecule is CCS(=O)(=O)CCNC(=O)c1cccnc1Nc1cccc(C(F)(F)F)c1. The van der Waals surface area contributed by atoms with Crippen LogP contribution in [0.15, 0.2) is 42.6 Å². The van der Waals surface area contributed by atoms with E-state index in [1.54, 1.807) is 0 Å². The van der Waals surface area contributed by atoms with Crippen molar-refractivity contribution in [2.45, 2.75) is 13.1 Å². The van der Waals surface area contributed by atoms with Crippen molar-refractivity contribution in [1.29, 1.82) is 0 Å². The summed E-state index contributed by atoms with van der Waals surface area (Å²) in [5.41, 5.74) is -0.630. The third kappa shape index (κ3) is 5.95. The molecule has 27 heavy (non-hydrogen) atoms. The molecule has 0 saturated heterocycles. The minimum atomic E-state index is -4.49. The van der Waals surface area contributed by atoms with Crippen molar-refractivity contribution < 1.29 is 26.4 Å². The van der Waals surface area contributed by atoms with Gasteiger partial charge in [0.05, 0.1) is 16.9 Å². The van der Waals surface area contributed by atoms with Crippen LogP contribution in [0.5, 0.6) is 0 Å². The first-order valence-corrected chi connectivity index (χ1v) is 9.82. The van der Waals surface area contributed by atoms with E-state index in [0.29, 0.717) is 0 Å². The molecule has 0 atom stereocenters. The van der Waals surface area contributed by atoms with Gasteiger partial charge in [-0.3, -0.25) is 4.79 Å². The van der Waals surface area contributed by atoms with Crippen LogP contribution >= 0.6 is 0 Å². The Morgan fingerprint density at radius 1 is 1.19 bits per heavy atom. The Morgan fingerprint density at radius 3 is 2.59 bits per heavy atom. The summed E-state index contributed by atoms with van der Waals surface area (Å²) in [6.45, 7) is 1.43. The lowest BCUT2D eigenvalue weighted by molar-refractivity contribution is -0.137. The summed E-state index contributed by atoms with van der Waals surface area (Å²) in [6.07, 6.45) is -3.11. The van der Waals surface area contributed by atoms with Gasteiger partial charge in [-0.25, -0.2) is 13.4 Å². The maximum Gasteiger partial charge on any atom is 0.416 e. The number of carbonyl (C=O) groups excluding carboxylic acids is 1. The summed E-state index contributed by atoms with van der Waals surface area (Å²) in [5, 5.41) is 5.17. The monoisotopic (exact) mass is 401 g/mol. The van der Waals surface area contributed by atoms with Crippen LogP contribution in [0.1, 0.15) is 22.8 Å².